The quantitative estimate of drug-likeness (QED) is 0.321. The van der Waals surface area contributed by atoms with Gasteiger partial charge < -0.3 is 24.4 Å². The monoisotopic (exact) mass is 557 g/mol. The summed E-state index contributed by atoms with van der Waals surface area (Å²) in [5, 5.41) is 12.2. The molecule has 1 aliphatic rings. The Kier molecular flexibility index (Phi) is 6.91. The Morgan fingerprint density at radius 2 is 1.77 bits per heavy atom. The fraction of sp³-hybridized carbons (Fsp3) is 0.269. The number of hydrogen-bond donors (Lipinski definition) is 2. The van der Waals surface area contributed by atoms with Crippen LogP contribution in [0.1, 0.15) is 40.7 Å². The van der Waals surface area contributed by atoms with E-state index in [4.69, 9.17) is 25.4 Å². The molecule has 0 bridgehead atoms. The number of rotatable bonds is 7. The van der Waals surface area contributed by atoms with Crippen molar-refractivity contribution in [3.05, 3.63) is 76.0 Å². The molecule has 1 saturated heterocycles. The van der Waals surface area contributed by atoms with E-state index in [1.54, 1.807) is 37.3 Å². The summed E-state index contributed by atoms with van der Waals surface area (Å²) in [6.07, 6.45) is 0. The van der Waals surface area contributed by atoms with E-state index in [0.29, 0.717) is 11.3 Å². The van der Waals surface area contributed by atoms with Crippen LogP contribution >= 0.6 is 11.6 Å². The van der Waals surface area contributed by atoms with Crippen molar-refractivity contribution in [2.45, 2.75) is 32.4 Å². The van der Waals surface area contributed by atoms with Gasteiger partial charge in [0, 0.05) is 24.1 Å². The minimum absolute atomic E-state index is 0.0359. The van der Waals surface area contributed by atoms with Crippen molar-refractivity contribution >= 4 is 23.4 Å². The number of aromatic nitrogens is 3. The van der Waals surface area contributed by atoms with E-state index in [0.717, 1.165) is 0 Å². The van der Waals surface area contributed by atoms with Crippen molar-refractivity contribution in [3.63, 3.8) is 0 Å². The van der Waals surface area contributed by atoms with Gasteiger partial charge in [-0.1, -0.05) is 52.2 Å². The third-order valence-electron chi connectivity index (χ3n) is 6.29. The summed E-state index contributed by atoms with van der Waals surface area (Å²) in [4.78, 5) is 30.0. The third kappa shape index (κ3) is 4.77. The fourth-order valence-corrected chi connectivity index (χ4v) is 4.57. The minimum Gasteiger partial charge on any atom is -0.375 e. The van der Waals surface area contributed by atoms with E-state index in [2.05, 4.69) is 25.9 Å². The molecule has 0 radical (unpaired) electrons. The lowest BCUT2D eigenvalue weighted by Crippen LogP contribution is -2.70. The Labute approximate surface area is 225 Å². The summed E-state index contributed by atoms with van der Waals surface area (Å²) in [7, 11) is 0. The molecule has 4 aromatic rings. The second-order valence-corrected chi connectivity index (χ2v) is 9.54. The number of carbonyl (C=O) groups is 2. The van der Waals surface area contributed by atoms with Gasteiger partial charge in [0.25, 0.3) is 11.8 Å². The maximum atomic E-state index is 16.2. The van der Waals surface area contributed by atoms with Gasteiger partial charge in [-0.2, -0.15) is 4.98 Å². The smallest absolute Gasteiger partial charge is 0.290 e. The van der Waals surface area contributed by atoms with E-state index in [9.17, 15) is 9.59 Å². The van der Waals surface area contributed by atoms with Crippen molar-refractivity contribution in [3.8, 4) is 22.5 Å². The van der Waals surface area contributed by atoms with Gasteiger partial charge in [0.15, 0.2) is 11.4 Å². The average molecular weight is 558 g/mol. The van der Waals surface area contributed by atoms with Gasteiger partial charge in [-0.05, 0) is 19.4 Å². The fourth-order valence-electron chi connectivity index (χ4n) is 4.27. The number of benzene rings is 2. The molecule has 10 nitrogen and oxygen atoms in total. The first-order valence-electron chi connectivity index (χ1n) is 11.8. The number of nitrogens with zero attached hydrogens (tertiary/aromatic N) is 3. The molecule has 2 N–H and O–H groups in total. The molecular formula is C26H22ClF2N5O5. The van der Waals surface area contributed by atoms with Crippen molar-refractivity contribution < 1.29 is 32.2 Å². The number of ether oxygens (including phenoxy) is 1. The second-order valence-electron chi connectivity index (χ2n) is 9.17. The molecule has 2 aromatic heterocycles. The molecule has 1 aliphatic heterocycles. The SMILES string of the molecule is Cc1cc(C(=O)NC2(C(=O)N[C@H](C)c3c(F)c(Cl)c(-c4ccccc4)c(-c4noc(C)n4)c3F)COC2)on1. The van der Waals surface area contributed by atoms with Gasteiger partial charge in [0.05, 0.1) is 35.5 Å². The van der Waals surface area contributed by atoms with Crippen LogP contribution in [0.2, 0.25) is 5.02 Å². The molecule has 0 saturated carbocycles. The summed E-state index contributed by atoms with van der Waals surface area (Å²) >= 11 is 6.48. The van der Waals surface area contributed by atoms with Gasteiger partial charge >= 0.3 is 0 Å². The Hall–Kier alpha value is -4.16. The highest BCUT2D eigenvalue weighted by Crippen LogP contribution is 2.43. The number of hydrogen-bond acceptors (Lipinski definition) is 8. The van der Waals surface area contributed by atoms with Crippen molar-refractivity contribution in [2.75, 3.05) is 13.2 Å². The van der Waals surface area contributed by atoms with E-state index in [-0.39, 0.29) is 46.8 Å². The van der Waals surface area contributed by atoms with Crippen LogP contribution in [-0.4, -0.2) is 45.9 Å². The zero-order valence-corrected chi connectivity index (χ0v) is 21.7. The third-order valence-corrected chi connectivity index (χ3v) is 6.64. The van der Waals surface area contributed by atoms with Crippen LogP contribution < -0.4 is 10.6 Å². The molecular weight excluding hydrogens is 536 g/mol. The van der Waals surface area contributed by atoms with Crippen molar-refractivity contribution in [1.82, 2.24) is 25.9 Å². The summed E-state index contributed by atoms with van der Waals surface area (Å²) in [5.41, 5.74) is -1.24. The Morgan fingerprint density at radius 1 is 1.05 bits per heavy atom. The number of halogens is 3. The molecule has 39 heavy (non-hydrogen) atoms. The predicted molar refractivity (Wildman–Crippen MR) is 134 cm³/mol. The van der Waals surface area contributed by atoms with Crippen LogP contribution in [0, 0.1) is 25.5 Å². The first-order valence-corrected chi connectivity index (χ1v) is 12.2. The van der Waals surface area contributed by atoms with Crippen LogP contribution in [0.4, 0.5) is 8.78 Å². The van der Waals surface area contributed by atoms with Crippen LogP contribution in [0.3, 0.4) is 0 Å². The average Bonchev–Trinajstić information content (AvgIpc) is 3.52. The van der Waals surface area contributed by atoms with Gasteiger partial charge in [-0.15, -0.1) is 0 Å². The first kappa shape index (κ1) is 26.4. The molecule has 202 valence electrons. The lowest BCUT2D eigenvalue weighted by atomic mass is 9.92. The van der Waals surface area contributed by atoms with Crippen LogP contribution in [0.25, 0.3) is 22.5 Å². The van der Waals surface area contributed by atoms with Crippen molar-refractivity contribution in [2.24, 2.45) is 0 Å². The summed E-state index contributed by atoms with van der Waals surface area (Å²) < 4.78 is 47.1. The number of amides is 2. The Bertz CT molecular complexity index is 1570. The zero-order chi connectivity index (χ0) is 27.9. The van der Waals surface area contributed by atoms with Crippen LogP contribution in [0.15, 0.2) is 45.4 Å². The Balaban J connectivity index is 1.51. The summed E-state index contributed by atoms with van der Waals surface area (Å²) in [6.45, 7) is 4.24. The standard InChI is InChI=1S/C26H22ClF2N5O5/c1-12-9-16(39-33-12)24(35)32-26(10-37-11-26)25(36)30-13(2)17-21(28)19(23-31-14(3)38-34-23)18(20(27)22(17)29)15-7-5-4-6-8-15/h4-9,13H,10-11H2,1-3H3,(H,30,36)(H,32,35)/t13-/m1/s1. The van der Waals surface area contributed by atoms with Gasteiger partial charge in [0.1, 0.15) is 5.82 Å². The highest BCUT2D eigenvalue weighted by molar-refractivity contribution is 6.34. The zero-order valence-electron chi connectivity index (χ0n) is 21.0. The molecule has 5 rings (SSSR count). The maximum absolute atomic E-state index is 16.2. The second kappa shape index (κ2) is 10.2. The Morgan fingerprint density at radius 3 is 2.33 bits per heavy atom. The van der Waals surface area contributed by atoms with Crippen molar-refractivity contribution in [1.29, 1.82) is 0 Å². The van der Waals surface area contributed by atoms with E-state index in [1.165, 1.54) is 19.9 Å². The topological polar surface area (TPSA) is 132 Å². The summed E-state index contributed by atoms with van der Waals surface area (Å²) in [5.74, 6) is -3.57. The lowest BCUT2D eigenvalue weighted by Gasteiger charge is -2.40. The first-order chi connectivity index (χ1) is 18.6. The van der Waals surface area contributed by atoms with Gasteiger partial charge in [-0.3, -0.25) is 9.59 Å². The molecule has 1 fully saturated rings. The molecule has 0 aliphatic carbocycles. The lowest BCUT2D eigenvalue weighted by molar-refractivity contribution is -0.147. The van der Waals surface area contributed by atoms with Gasteiger partial charge in [-0.25, -0.2) is 8.78 Å². The minimum atomic E-state index is -1.49. The number of aryl methyl sites for hydroxylation is 2. The number of carbonyl (C=O) groups excluding carboxylic acids is 2. The molecule has 0 unspecified atom stereocenters. The molecule has 2 aromatic carbocycles. The van der Waals surface area contributed by atoms with E-state index in [1.807, 2.05) is 0 Å². The molecule has 1 atom stereocenters. The molecule has 13 heteroatoms. The highest BCUT2D eigenvalue weighted by atomic mass is 35.5. The normalized spacial score (nSPS) is 14.9. The van der Waals surface area contributed by atoms with E-state index >= 15 is 8.78 Å². The summed E-state index contributed by atoms with van der Waals surface area (Å²) in [6, 6.07) is 8.59. The van der Waals surface area contributed by atoms with Crippen LogP contribution in [0.5, 0.6) is 0 Å². The molecule has 2 amide bonds. The predicted octanol–water partition coefficient (Wildman–Crippen LogP) is 4.32. The maximum Gasteiger partial charge on any atom is 0.290 e. The highest BCUT2D eigenvalue weighted by Gasteiger charge is 2.48. The van der Waals surface area contributed by atoms with Gasteiger partial charge in [0.2, 0.25) is 17.5 Å². The van der Waals surface area contributed by atoms with E-state index < -0.39 is 40.6 Å². The number of nitrogens with one attached hydrogen (secondary N) is 2. The van der Waals surface area contributed by atoms with Crippen LogP contribution in [-0.2, 0) is 9.53 Å². The molecule has 0 spiro atoms. The molecule has 3 heterocycles. The largest absolute Gasteiger partial charge is 0.375 e.